The number of halogens is 4. The Kier molecular flexibility index (Phi) is 10.3. The molecule has 36 heavy (non-hydrogen) atoms. The van der Waals surface area contributed by atoms with Gasteiger partial charge in [-0.3, -0.25) is 4.79 Å². The summed E-state index contributed by atoms with van der Waals surface area (Å²) >= 11 is 6.23. The van der Waals surface area contributed by atoms with Crippen molar-refractivity contribution in [2.24, 2.45) is 0 Å². The second kappa shape index (κ2) is 12.2. The van der Waals surface area contributed by atoms with Crippen LogP contribution < -0.4 is 0 Å². The van der Waals surface area contributed by atoms with E-state index in [4.69, 9.17) is 20.8 Å². The first kappa shape index (κ1) is 30.5. The van der Waals surface area contributed by atoms with Crippen LogP contribution in [0.3, 0.4) is 0 Å². The average Bonchev–Trinajstić information content (AvgIpc) is 2.78. The van der Waals surface area contributed by atoms with Crippen LogP contribution in [0.4, 0.5) is 13.2 Å². The Morgan fingerprint density at radius 2 is 1.78 bits per heavy atom. The average molecular weight is 571 g/mol. The van der Waals surface area contributed by atoms with Crippen molar-refractivity contribution in [2.75, 3.05) is 12.9 Å². The fourth-order valence-electron chi connectivity index (χ4n) is 3.92. The van der Waals surface area contributed by atoms with E-state index in [9.17, 15) is 31.2 Å². The van der Waals surface area contributed by atoms with Gasteiger partial charge in [0.15, 0.2) is 23.9 Å². The Hall–Kier alpha value is -1.73. The maximum atomic E-state index is 12.8. The summed E-state index contributed by atoms with van der Waals surface area (Å²) in [6, 6.07) is 4.80. The minimum absolute atomic E-state index is 0.0970. The van der Waals surface area contributed by atoms with E-state index in [-0.39, 0.29) is 34.0 Å². The number of allylic oxidation sites excluding steroid dienone is 1. The summed E-state index contributed by atoms with van der Waals surface area (Å²) < 4.78 is 77.8. The van der Waals surface area contributed by atoms with Crippen LogP contribution in [0.5, 0.6) is 0 Å². The molecule has 0 bridgehead atoms. The highest BCUT2D eigenvalue weighted by Gasteiger charge is 2.36. The third-order valence-corrected chi connectivity index (χ3v) is 12.4. The van der Waals surface area contributed by atoms with Gasteiger partial charge in [0.2, 0.25) is 0 Å². The van der Waals surface area contributed by atoms with Gasteiger partial charge in [-0.2, -0.15) is 13.2 Å². The lowest BCUT2D eigenvalue weighted by Gasteiger charge is -2.33. The van der Waals surface area contributed by atoms with E-state index in [0.29, 0.717) is 6.42 Å². The number of benzene rings is 1. The molecule has 0 N–H and O–H groups in total. The molecule has 1 aliphatic rings. The van der Waals surface area contributed by atoms with Crippen molar-refractivity contribution < 1.29 is 45.1 Å². The number of sulfone groups is 1. The highest BCUT2D eigenvalue weighted by Crippen LogP contribution is 2.32. The van der Waals surface area contributed by atoms with Crippen molar-refractivity contribution in [3.63, 3.8) is 0 Å². The van der Waals surface area contributed by atoms with E-state index in [1.807, 2.05) is 0 Å². The smallest absolute Gasteiger partial charge is 0.411 e. The van der Waals surface area contributed by atoms with E-state index in [0.717, 1.165) is 36.5 Å². The van der Waals surface area contributed by atoms with E-state index >= 15 is 0 Å². The molecule has 1 atom stereocenters. The second-order valence-corrected chi connectivity index (χ2v) is 15.7. The molecule has 2 rings (SSSR count). The quantitative estimate of drug-likeness (QED) is 0.252. The van der Waals surface area contributed by atoms with Crippen LogP contribution in [-0.4, -0.2) is 53.6 Å². The first-order chi connectivity index (χ1) is 16.7. The van der Waals surface area contributed by atoms with Crippen molar-refractivity contribution in [1.29, 1.82) is 0 Å². The van der Waals surface area contributed by atoms with Crippen LogP contribution in [0, 0.1) is 0 Å². The van der Waals surface area contributed by atoms with Crippen LogP contribution in [0.1, 0.15) is 49.5 Å². The number of carbonyl (C=O) groups is 2. The van der Waals surface area contributed by atoms with Crippen molar-refractivity contribution in [2.45, 2.75) is 75.5 Å². The summed E-state index contributed by atoms with van der Waals surface area (Å²) in [6.07, 6.45) is -2.58. The number of ether oxygens (including phenoxy) is 2. The van der Waals surface area contributed by atoms with Crippen LogP contribution in [-0.2, 0) is 35.1 Å². The molecule has 0 aliphatic heterocycles. The molecule has 0 saturated heterocycles. The molecule has 0 saturated carbocycles. The number of hydrogen-bond acceptors (Lipinski definition) is 7. The van der Waals surface area contributed by atoms with Gasteiger partial charge in [-0.15, -0.1) is 0 Å². The highest BCUT2D eigenvalue weighted by molar-refractivity contribution is 7.90. The Bertz CT molecular complexity index is 1110. The zero-order valence-electron chi connectivity index (χ0n) is 20.5. The molecule has 0 spiro atoms. The van der Waals surface area contributed by atoms with E-state index in [2.05, 4.69) is 25.5 Å². The molecule has 0 aromatic heterocycles. The third-order valence-electron chi connectivity index (χ3n) is 6.15. The number of carbonyl (C=O) groups excluding carboxylic acids is 2. The maximum Gasteiger partial charge on any atom is 0.411 e. The number of esters is 1. The zero-order chi connectivity index (χ0) is 27.3. The molecule has 202 valence electrons. The lowest BCUT2D eigenvalue weighted by Crippen LogP contribution is -2.43. The van der Waals surface area contributed by atoms with Gasteiger partial charge in [0.1, 0.15) is 18.5 Å². The minimum Gasteiger partial charge on any atom is -0.427 e. The Labute approximate surface area is 215 Å². The minimum atomic E-state index is -4.64. The monoisotopic (exact) mass is 570 g/mol. The van der Waals surface area contributed by atoms with Crippen molar-refractivity contribution in [1.82, 2.24) is 0 Å². The van der Waals surface area contributed by atoms with Crippen molar-refractivity contribution >= 4 is 41.5 Å². The summed E-state index contributed by atoms with van der Waals surface area (Å²) in [5.74, 6) is -1.19. The number of alkyl halides is 3. The standard InChI is InChI=1S/C23H30ClF3O7SSi/c1-5-36(6-2,7-3)34-19-10-8-15(12-18(19)28)33-22(29)16-9-11-20(35(4,30)31)17(21(16)24)13-32-14-23(25,26)27/h9,11-12,19H,5-8,10,13-14H2,1-4H3. The summed E-state index contributed by atoms with van der Waals surface area (Å²) in [5, 5.41) is -0.404. The van der Waals surface area contributed by atoms with Crippen LogP contribution in [0.15, 0.2) is 28.9 Å². The summed E-state index contributed by atoms with van der Waals surface area (Å²) in [7, 11) is -5.91. The van der Waals surface area contributed by atoms with Gasteiger partial charge in [-0.05, 0) is 36.7 Å². The lowest BCUT2D eigenvalue weighted by atomic mass is 10.0. The molecule has 7 nitrogen and oxygen atoms in total. The Morgan fingerprint density at radius 1 is 1.17 bits per heavy atom. The molecule has 0 radical (unpaired) electrons. The van der Waals surface area contributed by atoms with Crippen LogP contribution >= 0.6 is 11.6 Å². The Balaban J connectivity index is 2.24. The van der Waals surface area contributed by atoms with Gasteiger partial charge < -0.3 is 13.9 Å². The molecular formula is C23H30ClF3O7SSi. The topological polar surface area (TPSA) is 96.0 Å². The predicted molar refractivity (Wildman–Crippen MR) is 130 cm³/mol. The molecule has 0 amide bonds. The van der Waals surface area contributed by atoms with Gasteiger partial charge in [-0.25, -0.2) is 13.2 Å². The first-order valence-corrected chi connectivity index (χ1v) is 16.3. The molecular weight excluding hydrogens is 541 g/mol. The maximum absolute atomic E-state index is 12.8. The number of ketones is 1. The normalized spacial score (nSPS) is 17.2. The number of hydrogen-bond donors (Lipinski definition) is 0. The predicted octanol–water partition coefficient (Wildman–Crippen LogP) is 5.62. The fraction of sp³-hybridized carbons (Fsp3) is 0.565. The molecule has 1 unspecified atom stereocenters. The van der Waals surface area contributed by atoms with E-state index in [1.165, 1.54) is 6.08 Å². The Morgan fingerprint density at radius 3 is 2.28 bits per heavy atom. The van der Waals surface area contributed by atoms with Gasteiger partial charge >= 0.3 is 12.1 Å². The van der Waals surface area contributed by atoms with Crippen LogP contribution in [0.2, 0.25) is 23.2 Å². The molecule has 1 aromatic rings. The molecule has 0 heterocycles. The van der Waals surface area contributed by atoms with E-state index in [1.54, 1.807) is 0 Å². The lowest BCUT2D eigenvalue weighted by molar-refractivity contribution is -0.176. The first-order valence-electron chi connectivity index (χ1n) is 11.5. The summed E-state index contributed by atoms with van der Waals surface area (Å²) in [5.41, 5.74) is -0.559. The largest absolute Gasteiger partial charge is 0.427 e. The van der Waals surface area contributed by atoms with Crippen LogP contribution in [0.25, 0.3) is 0 Å². The summed E-state index contributed by atoms with van der Waals surface area (Å²) in [4.78, 5) is 25.1. The SMILES string of the molecule is CC[Si](CC)(CC)OC1CCC(OC(=O)c2ccc(S(C)(=O)=O)c(COCC(F)(F)F)c2Cl)=CC1=O. The fourth-order valence-corrected chi connectivity index (χ4v) is 8.04. The second-order valence-electron chi connectivity index (χ2n) is 8.58. The summed E-state index contributed by atoms with van der Waals surface area (Å²) in [6.45, 7) is 3.74. The van der Waals surface area contributed by atoms with E-state index < -0.39 is 54.6 Å². The molecule has 1 aliphatic carbocycles. The zero-order valence-corrected chi connectivity index (χ0v) is 23.1. The molecule has 13 heteroatoms. The molecule has 0 fully saturated rings. The number of rotatable bonds is 11. The molecule has 1 aromatic carbocycles. The van der Waals surface area contributed by atoms with Crippen molar-refractivity contribution in [3.8, 4) is 0 Å². The highest BCUT2D eigenvalue weighted by atomic mass is 35.5. The van der Waals surface area contributed by atoms with Gasteiger partial charge in [0, 0.05) is 24.3 Å². The van der Waals surface area contributed by atoms with Gasteiger partial charge in [0.05, 0.1) is 22.1 Å². The van der Waals surface area contributed by atoms with Gasteiger partial charge in [0.25, 0.3) is 0 Å². The van der Waals surface area contributed by atoms with Gasteiger partial charge in [-0.1, -0.05) is 32.4 Å². The third kappa shape index (κ3) is 7.88. The van der Waals surface area contributed by atoms with Crippen molar-refractivity contribution in [3.05, 3.63) is 40.1 Å².